The summed E-state index contributed by atoms with van der Waals surface area (Å²) in [6.07, 6.45) is 1.59. The molecule has 6 heteroatoms. The molecule has 4 nitrogen and oxygen atoms in total. The summed E-state index contributed by atoms with van der Waals surface area (Å²) in [5.41, 5.74) is 6.26. The quantitative estimate of drug-likeness (QED) is 0.907. The van der Waals surface area contributed by atoms with E-state index < -0.39 is 0 Å². The third kappa shape index (κ3) is 2.99. The lowest BCUT2D eigenvalue weighted by molar-refractivity contribution is 0.458. The van der Waals surface area contributed by atoms with Crippen molar-refractivity contribution in [2.24, 2.45) is 0 Å². The number of halogens is 2. The molecule has 0 aliphatic rings. The lowest BCUT2D eigenvalue weighted by Gasteiger charge is -2.08. The van der Waals surface area contributed by atoms with Crippen LogP contribution in [0, 0.1) is 6.92 Å². The summed E-state index contributed by atoms with van der Waals surface area (Å²) < 4.78 is 5.55. The minimum atomic E-state index is 0.152. The molecule has 0 unspecified atom stereocenters. The second-order valence-corrected chi connectivity index (χ2v) is 4.30. The highest BCUT2D eigenvalue weighted by Gasteiger charge is 2.06. The molecular weight excluding hydrogens is 261 g/mol. The number of aromatic nitrogens is 2. The van der Waals surface area contributed by atoms with Gasteiger partial charge >= 0.3 is 0 Å². The number of nitrogens with zero attached hydrogens (tertiary/aromatic N) is 2. The van der Waals surface area contributed by atoms with E-state index in [1.165, 1.54) is 0 Å². The Balaban J connectivity index is 2.34. The van der Waals surface area contributed by atoms with E-state index in [1.807, 2.05) is 6.92 Å². The highest BCUT2D eigenvalue weighted by Crippen LogP contribution is 2.28. The standard InChI is InChI=1S/C11H9Cl2N3O/c1-6-5-15-11(14)16-10(6)17-9-3-7(12)2-8(13)4-9/h2-5H,1H3,(H2,14,15,16). The van der Waals surface area contributed by atoms with Crippen LogP contribution in [0.15, 0.2) is 24.4 Å². The molecule has 0 saturated carbocycles. The van der Waals surface area contributed by atoms with Crippen LogP contribution in [0.1, 0.15) is 5.56 Å². The van der Waals surface area contributed by atoms with Crippen molar-refractivity contribution in [3.8, 4) is 11.6 Å². The van der Waals surface area contributed by atoms with Crippen LogP contribution >= 0.6 is 23.2 Å². The van der Waals surface area contributed by atoms with Crippen molar-refractivity contribution in [3.05, 3.63) is 40.0 Å². The monoisotopic (exact) mass is 269 g/mol. The first-order chi connectivity index (χ1) is 8.04. The van der Waals surface area contributed by atoms with Crippen molar-refractivity contribution in [3.63, 3.8) is 0 Å². The Labute approximate surface area is 108 Å². The molecule has 0 radical (unpaired) electrons. The average molecular weight is 270 g/mol. The SMILES string of the molecule is Cc1cnc(N)nc1Oc1cc(Cl)cc(Cl)c1. The second-order valence-electron chi connectivity index (χ2n) is 3.42. The normalized spacial score (nSPS) is 10.3. The third-order valence-corrected chi connectivity index (χ3v) is 2.43. The number of rotatable bonds is 2. The highest BCUT2D eigenvalue weighted by atomic mass is 35.5. The van der Waals surface area contributed by atoms with E-state index in [9.17, 15) is 0 Å². The molecule has 0 atom stereocenters. The maximum atomic E-state index is 5.87. The van der Waals surface area contributed by atoms with Gasteiger partial charge in [0.2, 0.25) is 11.8 Å². The molecule has 0 bridgehead atoms. The van der Waals surface area contributed by atoms with Crippen molar-refractivity contribution >= 4 is 29.2 Å². The Kier molecular flexibility index (Phi) is 3.36. The molecule has 0 fully saturated rings. The molecule has 1 heterocycles. The summed E-state index contributed by atoms with van der Waals surface area (Å²) in [6, 6.07) is 4.91. The van der Waals surface area contributed by atoms with Crippen LogP contribution in [0.3, 0.4) is 0 Å². The molecule has 17 heavy (non-hydrogen) atoms. The van der Waals surface area contributed by atoms with Crippen molar-refractivity contribution in [2.45, 2.75) is 6.92 Å². The molecule has 0 spiro atoms. The summed E-state index contributed by atoms with van der Waals surface area (Å²) in [5, 5.41) is 0.986. The van der Waals surface area contributed by atoms with E-state index >= 15 is 0 Å². The van der Waals surface area contributed by atoms with E-state index in [1.54, 1.807) is 24.4 Å². The lowest BCUT2D eigenvalue weighted by Crippen LogP contribution is -1.98. The van der Waals surface area contributed by atoms with Crippen molar-refractivity contribution in [2.75, 3.05) is 5.73 Å². The molecule has 0 saturated heterocycles. The maximum Gasteiger partial charge on any atom is 0.226 e. The van der Waals surface area contributed by atoms with Crippen LogP contribution in [-0.2, 0) is 0 Å². The number of nitrogen functional groups attached to an aromatic ring is 1. The van der Waals surface area contributed by atoms with Gasteiger partial charge in [-0.25, -0.2) is 4.98 Å². The Morgan fingerprint density at radius 3 is 2.47 bits per heavy atom. The van der Waals surface area contributed by atoms with Gasteiger partial charge in [0.05, 0.1) is 0 Å². The molecule has 1 aromatic carbocycles. The zero-order valence-corrected chi connectivity index (χ0v) is 10.5. The number of hydrogen-bond acceptors (Lipinski definition) is 4. The van der Waals surface area contributed by atoms with Gasteiger partial charge in [-0.1, -0.05) is 23.2 Å². The first kappa shape index (κ1) is 12.0. The third-order valence-electron chi connectivity index (χ3n) is 1.99. The first-order valence-corrected chi connectivity index (χ1v) is 5.53. The molecular formula is C11H9Cl2N3O. The van der Waals surface area contributed by atoms with E-state index in [2.05, 4.69) is 9.97 Å². The van der Waals surface area contributed by atoms with Crippen molar-refractivity contribution < 1.29 is 4.74 Å². The van der Waals surface area contributed by atoms with E-state index in [4.69, 9.17) is 33.7 Å². The fourth-order valence-corrected chi connectivity index (χ4v) is 1.75. The molecule has 1 aromatic heterocycles. The van der Waals surface area contributed by atoms with Crippen LogP contribution in [-0.4, -0.2) is 9.97 Å². The Hall–Kier alpha value is -1.52. The van der Waals surface area contributed by atoms with Crippen molar-refractivity contribution in [1.29, 1.82) is 0 Å². The predicted octanol–water partition coefficient (Wildman–Crippen LogP) is 3.47. The summed E-state index contributed by atoms with van der Waals surface area (Å²) in [5.74, 6) is 1.04. The van der Waals surface area contributed by atoms with Crippen LogP contribution in [0.4, 0.5) is 5.95 Å². The smallest absolute Gasteiger partial charge is 0.226 e. The zero-order chi connectivity index (χ0) is 12.4. The van der Waals surface area contributed by atoms with Gasteiger partial charge in [0, 0.05) is 21.8 Å². The van der Waals surface area contributed by atoms with Gasteiger partial charge in [-0.3, -0.25) is 0 Å². The number of hydrogen-bond donors (Lipinski definition) is 1. The van der Waals surface area contributed by atoms with E-state index in [0.717, 1.165) is 5.56 Å². The Morgan fingerprint density at radius 1 is 1.18 bits per heavy atom. The van der Waals surface area contributed by atoms with Crippen LogP contribution < -0.4 is 10.5 Å². The molecule has 2 N–H and O–H groups in total. The largest absolute Gasteiger partial charge is 0.438 e. The minimum absolute atomic E-state index is 0.152. The summed E-state index contributed by atoms with van der Waals surface area (Å²) in [6.45, 7) is 1.82. The van der Waals surface area contributed by atoms with Gasteiger partial charge in [-0.05, 0) is 25.1 Å². The van der Waals surface area contributed by atoms with Gasteiger partial charge in [0.15, 0.2) is 0 Å². The maximum absolute atomic E-state index is 5.87. The molecule has 0 aliphatic carbocycles. The summed E-state index contributed by atoms with van der Waals surface area (Å²) in [7, 11) is 0. The second kappa shape index (κ2) is 4.77. The number of anilines is 1. The van der Waals surface area contributed by atoms with Crippen LogP contribution in [0.2, 0.25) is 10.0 Å². The average Bonchev–Trinajstić information content (AvgIpc) is 2.22. The van der Waals surface area contributed by atoms with Gasteiger partial charge in [0.1, 0.15) is 5.75 Å². The van der Waals surface area contributed by atoms with Gasteiger partial charge in [-0.15, -0.1) is 0 Å². The van der Waals surface area contributed by atoms with Gasteiger partial charge in [-0.2, -0.15) is 4.98 Å². The zero-order valence-electron chi connectivity index (χ0n) is 8.95. The number of benzene rings is 1. The van der Waals surface area contributed by atoms with E-state index in [-0.39, 0.29) is 5.95 Å². The predicted molar refractivity (Wildman–Crippen MR) is 67.7 cm³/mol. The fourth-order valence-electron chi connectivity index (χ4n) is 1.24. The molecule has 0 aliphatic heterocycles. The number of ether oxygens (including phenoxy) is 1. The molecule has 88 valence electrons. The van der Waals surface area contributed by atoms with Gasteiger partial charge in [0.25, 0.3) is 0 Å². The molecule has 2 aromatic rings. The lowest BCUT2D eigenvalue weighted by atomic mass is 10.3. The van der Waals surface area contributed by atoms with Crippen LogP contribution in [0.25, 0.3) is 0 Å². The first-order valence-electron chi connectivity index (χ1n) is 4.77. The highest BCUT2D eigenvalue weighted by molar-refractivity contribution is 6.34. The molecule has 0 amide bonds. The fraction of sp³-hybridized carbons (Fsp3) is 0.0909. The Bertz CT molecular complexity index is 540. The molecule has 2 rings (SSSR count). The van der Waals surface area contributed by atoms with Gasteiger partial charge < -0.3 is 10.5 Å². The Morgan fingerprint density at radius 2 is 1.82 bits per heavy atom. The summed E-state index contributed by atoms with van der Waals surface area (Å²) in [4.78, 5) is 7.84. The van der Waals surface area contributed by atoms with Crippen LogP contribution in [0.5, 0.6) is 11.6 Å². The topological polar surface area (TPSA) is 61.0 Å². The minimum Gasteiger partial charge on any atom is -0.438 e. The van der Waals surface area contributed by atoms with E-state index in [0.29, 0.717) is 21.7 Å². The number of nitrogens with two attached hydrogens (primary N) is 1. The number of aryl methyl sites for hydroxylation is 1. The van der Waals surface area contributed by atoms with Crippen molar-refractivity contribution in [1.82, 2.24) is 9.97 Å². The summed E-state index contributed by atoms with van der Waals surface area (Å²) >= 11 is 11.7.